The second-order valence-corrected chi connectivity index (χ2v) is 10.4. The van der Waals surface area contributed by atoms with E-state index < -0.39 is 20.6 Å². The summed E-state index contributed by atoms with van der Waals surface area (Å²) >= 11 is 0. The number of fused-ring (bicyclic) bond motifs is 1. The average Bonchev–Trinajstić information content (AvgIpc) is 2.67. The molecule has 1 atom stereocenters. The number of benzene rings is 2. The lowest BCUT2D eigenvalue weighted by atomic mass is 9.80. The van der Waals surface area contributed by atoms with Crippen molar-refractivity contribution in [3.8, 4) is 0 Å². The van der Waals surface area contributed by atoms with Crippen LogP contribution in [0.1, 0.15) is 68.1 Å². The summed E-state index contributed by atoms with van der Waals surface area (Å²) in [7, 11) is -3.78. The molecule has 0 aromatic heterocycles. The van der Waals surface area contributed by atoms with Gasteiger partial charge in [-0.05, 0) is 73.8 Å². The van der Waals surface area contributed by atoms with Gasteiger partial charge in [0, 0.05) is 0 Å². The Bertz CT molecular complexity index is 990. The standard InChI is InChI=1S/C24H28O4S/c1-2-28-23(25)17-24(16-6-10-20-7-3-4-11-22(20)24)29(26,27)21-14-12-19(13-15-21)18-8-5-9-18/h3-4,7,11-15,18H,2,5-6,8-10,16-17H2,1H3. The van der Waals surface area contributed by atoms with Crippen LogP contribution in [0.4, 0.5) is 0 Å². The van der Waals surface area contributed by atoms with E-state index in [-0.39, 0.29) is 13.0 Å². The van der Waals surface area contributed by atoms with Gasteiger partial charge < -0.3 is 4.74 Å². The molecule has 2 aliphatic carbocycles. The first kappa shape index (κ1) is 20.1. The summed E-state index contributed by atoms with van der Waals surface area (Å²) in [5, 5.41) is 0. The van der Waals surface area contributed by atoms with E-state index in [4.69, 9.17) is 4.74 Å². The number of esters is 1. The van der Waals surface area contributed by atoms with Gasteiger partial charge in [-0.3, -0.25) is 4.79 Å². The second kappa shape index (κ2) is 7.94. The monoisotopic (exact) mass is 412 g/mol. The van der Waals surface area contributed by atoms with Crippen molar-refractivity contribution in [3.05, 3.63) is 65.2 Å². The zero-order chi connectivity index (χ0) is 20.5. The van der Waals surface area contributed by atoms with Gasteiger partial charge in [0.25, 0.3) is 0 Å². The van der Waals surface area contributed by atoms with Crippen LogP contribution in [-0.2, 0) is 30.5 Å². The highest BCUT2D eigenvalue weighted by Gasteiger charge is 2.50. The molecule has 154 valence electrons. The highest BCUT2D eigenvalue weighted by molar-refractivity contribution is 7.92. The molecule has 1 saturated carbocycles. The van der Waals surface area contributed by atoms with E-state index in [1.54, 1.807) is 19.1 Å². The first-order chi connectivity index (χ1) is 14.0. The fourth-order valence-corrected chi connectivity index (χ4v) is 6.93. The maximum atomic E-state index is 14.0. The number of hydrogen-bond donors (Lipinski definition) is 0. The van der Waals surface area contributed by atoms with Gasteiger partial charge in [-0.15, -0.1) is 0 Å². The Morgan fingerprint density at radius 2 is 1.79 bits per heavy atom. The minimum absolute atomic E-state index is 0.148. The van der Waals surface area contributed by atoms with Gasteiger partial charge in [0.15, 0.2) is 9.84 Å². The van der Waals surface area contributed by atoms with Gasteiger partial charge in [0.05, 0.1) is 17.9 Å². The van der Waals surface area contributed by atoms with Crippen molar-refractivity contribution in [3.63, 3.8) is 0 Å². The summed E-state index contributed by atoms with van der Waals surface area (Å²) in [6.45, 7) is 1.99. The maximum Gasteiger partial charge on any atom is 0.307 e. The van der Waals surface area contributed by atoms with Crippen LogP contribution >= 0.6 is 0 Å². The summed E-state index contributed by atoms with van der Waals surface area (Å²) in [6.07, 6.45) is 5.43. The number of ether oxygens (including phenoxy) is 1. The first-order valence-electron chi connectivity index (χ1n) is 10.6. The lowest BCUT2D eigenvalue weighted by Gasteiger charge is -2.38. The molecule has 1 unspecified atom stereocenters. The summed E-state index contributed by atoms with van der Waals surface area (Å²) in [6, 6.07) is 15.0. The first-order valence-corrected chi connectivity index (χ1v) is 12.0. The molecule has 2 aromatic rings. The van der Waals surface area contributed by atoms with Crippen LogP contribution in [0, 0.1) is 0 Å². The van der Waals surface area contributed by atoms with Crippen molar-refractivity contribution in [1.82, 2.24) is 0 Å². The topological polar surface area (TPSA) is 60.4 Å². The van der Waals surface area contributed by atoms with Gasteiger partial charge in [-0.1, -0.05) is 42.8 Å². The molecule has 0 spiro atoms. The highest BCUT2D eigenvalue weighted by atomic mass is 32.2. The molecule has 0 amide bonds. The fraction of sp³-hybridized carbons (Fsp3) is 0.458. The van der Waals surface area contributed by atoms with Gasteiger partial charge in [-0.2, -0.15) is 0 Å². The van der Waals surface area contributed by atoms with Gasteiger partial charge in [0.2, 0.25) is 0 Å². The molecule has 2 aromatic carbocycles. The third-order valence-electron chi connectivity index (χ3n) is 6.55. The van der Waals surface area contributed by atoms with E-state index in [9.17, 15) is 13.2 Å². The molecule has 2 aliphatic rings. The minimum atomic E-state index is -3.78. The third-order valence-corrected chi connectivity index (χ3v) is 9.04. The van der Waals surface area contributed by atoms with E-state index in [1.165, 1.54) is 24.8 Å². The molecule has 29 heavy (non-hydrogen) atoms. The number of aryl methyl sites for hydroxylation is 1. The predicted octanol–water partition coefficient (Wildman–Crippen LogP) is 4.91. The SMILES string of the molecule is CCOC(=O)CC1(S(=O)(=O)c2ccc(C3CCC3)cc2)CCCc2ccccc21. The lowest BCUT2D eigenvalue weighted by molar-refractivity contribution is -0.144. The molecule has 0 heterocycles. The van der Waals surface area contributed by atoms with Crippen LogP contribution in [0.25, 0.3) is 0 Å². The zero-order valence-electron chi connectivity index (χ0n) is 16.9. The quantitative estimate of drug-likeness (QED) is 0.632. The third kappa shape index (κ3) is 3.50. The van der Waals surface area contributed by atoms with Gasteiger partial charge in [-0.25, -0.2) is 8.42 Å². The summed E-state index contributed by atoms with van der Waals surface area (Å²) in [5.74, 6) is 0.0921. The number of rotatable bonds is 6. The van der Waals surface area contributed by atoms with Crippen LogP contribution < -0.4 is 0 Å². The number of carbonyl (C=O) groups is 1. The molecule has 0 saturated heterocycles. The molecule has 1 fully saturated rings. The van der Waals surface area contributed by atoms with E-state index in [0.29, 0.717) is 17.2 Å². The van der Waals surface area contributed by atoms with Crippen molar-refractivity contribution in [2.45, 2.75) is 67.4 Å². The van der Waals surface area contributed by atoms with Crippen molar-refractivity contribution in [1.29, 1.82) is 0 Å². The smallest absolute Gasteiger partial charge is 0.307 e. The van der Waals surface area contributed by atoms with Crippen LogP contribution in [0.15, 0.2) is 53.4 Å². The number of carbonyl (C=O) groups excluding carboxylic acids is 1. The molecule has 0 bridgehead atoms. The Morgan fingerprint density at radius 3 is 2.45 bits per heavy atom. The lowest BCUT2D eigenvalue weighted by Crippen LogP contribution is -2.41. The molecule has 0 aliphatic heterocycles. The molecular weight excluding hydrogens is 384 g/mol. The van der Waals surface area contributed by atoms with Crippen molar-refractivity contribution in [2.75, 3.05) is 6.61 Å². The number of hydrogen-bond acceptors (Lipinski definition) is 4. The van der Waals surface area contributed by atoms with Crippen molar-refractivity contribution >= 4 is 15.8 Å². The van der Waals surface area contributed by atoms with Crippen molar-refractivity contribution in [2.24, 2.45) is 0 Å². The molecule has 4 rings (SSSR count). The fourth-order valence-electron chi connectivity index (χ4n) is 4.77. The predicted molar refractivity (Wildman–Crippen MR) is 113 cm³/mol. The molecule has 4 nitrogen and oxygen atoms in total. The molecule has 5 heteroatoms. The Labute approximate surface area is 173 Å². The van der Waals surface area contributed by atoms with Crippen LogP contribution in [0.3, 0.4) is 0 Å². The summed E-state index contributed by atoms with van der Waals surface area (Å²) in [4.78, 5) is 12.8. The normalized spacial score (nSPS) is 21.8. The largest absolute Gasteiger partial charge is 0.466 e. The summed E-state index contributed by atoms with van der Waals surface area (Å²) < 4.78 is 31.9. The second-order valence-electron chi connectivity index (χ2n) is 8.19. The average molecular weight is 413 g/mol. The van der Waals surface area contributed by atoms with Crippen molar-refractivity contribution < 1.29 is 17.9 Å². The minimum Gasteiger partial charge on any atom is -0.466 e. The van der Waals surface area contributed by atoms with E-state index >= 15 is 0 Å². The van der Waals surface area contributed by atoms with Gasteiger partial charge in [0.1, 0.15) is 4.75 Å². The Hall–Kier alpha value is -2.14. The van der Waals surface area contributed by atoms with E-state index in [2.05, 4.69) is 0 Å². The van der Waals surface area contributed by atoms with Crippen LogP contribution in [0.2, 0.25) is 0 Å². The Balaban J connectivity index is 1.79. The Kier molecular flexibility index (Phi) is 5.52. The van der Waals surface area contributed by atoms with E-state index in [1.807, 2.05) is 36.4 Å². The Morgan fingerprint density at radius 1 is 1.07 bits per heavy atom. The van der Waals surface area contributed by atoms with E-state index in [0.717, 1.165) is 24.0 Å². The maximum absolute atomic E-state index is 14.0. The zero-order valence-corrected chi connectivity index (χ0v) is 17.7. The number of sulfone groups is 1. The summed E-state index contributed by atoms with van der Waals surface area (Å²) in [5.41, 5.74) is 2.97. The molecular formula is C24H28O4S. The van der Waals surface area contributed by atoms with Crippen LogP contribution in [-0.4, -0.2) is 21.0 Å². The van der Waals surface area contributed by atoms with Gasteiger partial charge >= 0.3 is 5.97 Å². The van der Waals surface area contributed by atoms with Crippen LogP contribution in [0.5, 0.6) is 0 Å². The highest BCUT2D eigenvalue weighted by Crippen LogP contribution is 2.47. The molecule has 0 N–H and O–H groups in total. The molecule has 0 radical (unpaired) electrons.